The summed E-state index contributed by atoms with van der Waals surface area (Å²) in [6.45, 7) is 18.3. The zero-order valence-electron chi connectivity index (χ0n) is 14.3. The number of nitrogens with zero attached hydrogens (tertiary/aromatic N) is 1. The monoisotopic (exact) mass is 288 g/mol. The van der Waals surface area contributed by atoms with Crippen molar-refractivity contribution in [3.63, 3.8) is 0 Å². The summed E-state index contributed by atoms with van der Waals surface area (Å²) in [6, 6.07) is 0. The van der Waals surface area contributed by atoms with E-state index >= 15 is 0 Å². The smallest absolute Gasteiger partial charge is 0.0826 e. The molecule has 1 atom stereocenters. The maximum Gasteiger partial charge on any atom is 0.0826 e. The molecule has 0 amide bonds. The van der Waals surface area contributed by atoms with E-state index in [1.54, 1.807) is 0 Å². The van der Waals surface area contributed by atoms with E-state index in [0.717, 1.165) is 59.0 Å². The molecule has 1 rings (SSSR count). The molecule has 1 aliphatic heterocycles. The van der Waals surface area contributed by atoms with Crippen LogP contribution in [0, 0.1) is 5.92 Å². The van der Waals surface area contributed by atoms with Gasteiger partial charge in [-0.1, -0.05) is 34.6 Å². The van der Waals surface area contributed by atoms with Crippen molar-refractivity contribution in [2.24, 2.45) is 5.92 Å². The molecule has 0 aromatic rings. The Kier molecular flexibility index (Phi) is 13.7. The predicted molar refractivity (Wildman–Crippen MR) is 86.3 cm³/mol. The summed E-state index contributed by atoms with van der Waals surface area (Å²) in [5.41, 5.74) is 0. The molecule has 1 heterocycles. The molecule has 0 spiro atoms. The standard InChI is InChI=1S/C14H30N2O2.C2H6/c1-4-7-17-8-5-16-6-9-18-14(12-16)11-15-10-13(2)3;1-2/h13-15H,4-12H2,1-3H3;1-2H3. The molecule has 1 fully saturated rings. The molecule has 122 valence electrons. The SMILES string of the molecule is CC.CCCOCCN1CCOC(CNCC(C)C)C1. The van der Waals surface area contributed by atoms with E-state index in [2.05, 4.69) is 31.0 Å². The van der Waals surface area contributed by atoms with Crippen LogP contribution in [0.4, 0.5) is 0 Å². The topological polar surface area (TPSA) is 33.7 Å². The highest BCUT2D eigenvalue weighted by Gasteiger charge is 2.19. The van der Waals surface area contributed by atoms with Crippen molar-refractivity contribution in [1.82, 2.24) is 10.2 Å². The maximum atomic E-state index is 5.77. The molecule has 1 unspecified atom stereocenters. The van der Waals surface area contributed by atoms with Crippen LogP contribution < -0.4 is 5.32 Å². The van der Waals surface area contributed by atoms with E-state index in [4.69, 9.17) is 9.47 Å². The van der Waals surface area contributed by atoms with Crippen molar-refractivity contribution >= 4 is 0 Å². The number of morpholine rings is 1. The van der Waals surface area contributed by atoms with Crippen molar-refractivity contribution in [3.8, 4) is 0 Å². The molecule has 20 heavy (non-hydrogen) atoms. The summed E-state index contributed by atoms with van der Waals surface area (Å²) >= 11 is 0. The number of nitrogens with one attached hydrogen (secondary N) is 1. The highest BCUT2D eigenvalue weighted by molar-refractivity contribution is 4.73. The van der Waals surface area contributed by atoms with Gasteiger partial charge in [-0.3, -0.25) is 4.90 Å². The molecule has 4 nitrogen and oxygen atoms in total. The summed E-state index contributed by atoms with van der Waals surface area (Å²) in [4.78, 5) is 2.45. The van der Waals surface area contributed by atoms with E-state index in [1.165, 1.54) is 0 Å². The third-order valence-corrected chi connectivity index (χ3v) is 3.05. The van der Waals surface area contributed by atoms with Crippen molar-refractivity contribution in [2.75, 3.05) is 52.5 Å². The molecular formula is C16H36N2O2. The van der Waals surface area contributed by atoms with Crippen LogP contribution in [0.15, 0.2) is 0 Å². The van der Waals surface area contributed by atoms with Crippen molar-refractivity contribution < 1.29 is 9.47 Å². The van der Waals surface area contributed by atoms with Crippen LogP contribution in [0.2, 0.25) is 0 Å². The van der Waals surface area contributed by atoms with E-state index in [-0.39, 0.29) is 0 Å². The van der Waals surface area contributed by atoms with Gasteiger partial charge >= 0.3 is 0 Å². The first-order valence-corrected chi connectivity index (χ1v) is 8.34. The van der Waals surface area contributed by atoms with Crippen molar-refractivity contribution in [1.29, 1.82) is 0 Å². The molecule has 1 N–H and O–H groups in total. The van der Waals surface area contributed by atoms with Crippen LogP contribution in [0.25, 0.3) is 0 Å². The Balaban J connectivity index is 0.00000172. The Morgan fingerprint density at radius 1 is 1.30 bits per heavy atom. The minimum absolute atomic E-state index is 0.337. The van der Waals surface area contributed by atoms with Gasteiger partial charge in [0.15, 0.2) is 0 Å². The first-order valence-electron chi connectivity index (χ1n) is 8.34. The third kappa shape index (κ3) is 10.6. The zero-order chi connectivity index (χ0) is 15.2. The summed E-state index contributed by atoms with van der Waals surface area (Å²) in [5, 5.41) is 3.47. The lowest BCUT2D eigenvalue weighted by Crippen LogP contribution is -2.47. The lowest BCUT2D eigenvalue weighted by atomic mass is 10.2. The molecule has 0 bridgehead atoms. The minimum atomic E-state index is 0.337. The second kappa shape index (κ2) is 13.8. The van der Waals surface area contributed by atoms with E-state index < -0.39 is 0 Å². The Hall–Kier alpha value is -0.160. The van der Waals surface area contributed by atoms with Gasteiger partial charge in [0.05, 0.1) is 19.3 Å². The highest BCUT2D eigenvalue weighted by Crippen LogP contribution is 2.04. The number of hydrogen-bond acceptors (Lipinski definition) is 4. The lowest BCUT2D eigenvalue weighted by molar-refractivity contribution is -0.0349. The fraction of sp³-hybridized carbons (Fsp3) is 1.00. The van der Waals surface area contributed by atoms with Crippen LogP contribution in [0.3, 0.4) is 0 Å². The average molecular weight is 288 g/mol. The maximum absolute atomic E-state index is 5.77. The first-order chi connectivity index (χ1) is 9.72. The van der Waals surface area contributed by atoms with Gasteiger partial charge in [0.25, 0.3) is 0 Å². The average Bonchev–Trinajstić information content (AvgIpc) is 2.46. The Morgan fingerprint density at radius 3 is 2.70 bits per heavy atom. The van der Waals surface area contributed by atoms with E-state index in [9.17, 15) is 0 Å². The molecule has 1 aliphatic rings. The van der Waals surface area contributed by atoms with Gasteiger partial charge in [0, 0.05) is 32.8 Å². The molecule has 1 saturated heterocycles. The van der Waals surface area contributed by atoms with Crippen LogP contribution in [0.1, 0.15) is 41.0 Å². The van der Waals surface area contributed by atoms with Crippen LogP contribution in [-0.2, 0) is 9.47 Å². The summed E-state index contributed by atoms with van der Waals surface area (Å²) in [5.74, 6) is 0.701. The quantitative estimate of drug-likeness (QED) is 0.661. The van der Waals surface area contributed by atoms with Gasteiger partial charge in [-0.05, 0) is 18.9 Å². The van der Waals surface area contributed by atoms with Crippen LogP contribution in [0.5, 0.6) is 0 Å². The van der Waals surface area contributed by atoms with Crippen LogP contribution in [-0.4, -0.2) is 63.5 Å². The summed E-state index contributed by atoms with van der Waals surface area (Å²) in [7, 11) is 0. The normalized spacial score (nSPS) is 19.8. The number of hydrogen-bond donors (Lipinski definition) is 1. The molecule has 0 aromatic heterocycles. The van der Waals surface area contributed by atoms with Gasteiger partial charge in [-0.2, -0.15) is 0 Å². The van der Waals surface area contributed by atoms with Gasteiger partial charge in [0.2, 0.25) is 0 Å². The zero-order valence-corrected chi connectivity index (χ0v) is 14.3. The number of ether oxygens (including phenoxy) is 2. The molecule has 0 radical (unpaired) electrons. The van der Waals surface area contributed by atoms with Gasteiger partial charge in [0.1, 0.15) is 0 Å². The summed E-state index contributed by atoms with van der Waals surface area (Å²) < 4.78 is 11.3. The number of rotatable bonds is 9. The highest BCUT2D eigenvalue weighted by atomic mass is 16.5. The van der Waals surface area contributed by atoms with Gasteiger partial charge < -0.3 is 14.8 Å². The second-order valence-corrected chi connectivity index (χ2v) is 5.46. The second-order valence-electron chi connectivity index (χ2n) is 5.46. The van der Waals surface area contributed by atoms with Crippen molar-refractivity contribution in [3.05, 3.63) is 0 Å². The fourth-order valence-electron chi connectivity index (χ4n) is 2.08. The van der Waals surface area contributed by atoms with Gasteiger partial charge in [-0.15, -0.1) is 0 Å². The van der Waals surface area contributed by atoms with Crippen LogP contribution >= 0.6 is 0 Å². The van der Waals surface area contributed by atoms with Gasteiger partial charge in [-0.25, -0.2) is 0 Å². The largest absolute Gasteiger partial charge is 0.380 e. The molecule has 0 saturated carbocycles. The summed E-state index contributed by atoms with van der Waals surface area (Å²) in [6.07, 6.45) is 1.44. The fourth-order valence-corrected chi connectivity index (χ4v) is 2.08. The molecule has 4 heteroatoms. The molecule has 0 aliphatic carbocycles. The molecular weight excluding hydrogens is 252 g/mol. The predicted octanol–water partition coefficient (Wildman–Crippen LogP) is 2.39. The Bertz CT molecular complexity index is 201. The lowest BCUT2D eigenvalue weighted by Gasteiger charge is -2.33. The molecule has 0 aromatic carbocycles. The Morgan fingerprint density at radius 2 is 2.05 bits per heavy atom. The third-order valence-electron chi connectivity index (χ3n) is 3.05. The Labute approximate surface area is 126 Å². The first kappa shape index (κ1) is 19.8. The van der Waals surface area contributed by atoms with E-state index in [0.29, 0.717) is 12.0 Å². The van der Waals surface area contributed by atoms with Crippen molar-refractivity contribution in [2.45, 2.75) is 47.1 Å². The van der Waals surface area contributed by atoms with E-state index in [1.807, 2.05) is 13.8 Å². The minimum Gasteiger partial charge on any atom is -0.380 e.